The van der Waals surface area contributed by atoms with Crippen molar-refractivity contribution in [1.29, 1.82) is 0 Å². The molecule has 0 amide bonds. The van der Waals surface area contributed by atoms with E-state index in [2.05, 4.69) is 17.3 Å². The molecule has 0 aliphatic heterocycles. The van der Waals surface area contributed by atoms with Crippen molar-refractivity contribution in [3.8, 4) is 0 Å². The summed E-state index contributed by atoms with van der Waals surface area (Å²) in [4.78, 5) is 11.8. The molecule has 0 spiro atoms. The van der Waals surface area contributed by atoms with Crippen LogP contribution in [0.15, 0.2) is 4.79 Å². The first-order chi connectivity index (χ1) is 7.24. The molecule has 1 aliphatic rings. The second-order valence-corrected chi connectivity index (χ2v) is 4.11. The number of aryl methyl sites for hydroxylation is 1. The average Bonchev–Trinajstić information content (AvgIpc) is 2.40. The summed E-state index contributed by atoms with van der Waals surface area (Å²) in [5, 5.41) is 7.41. The Balaban J connectivity index is 2.27. The summed E-state index contributed by atoms with van der Waals surface area (Å²) < 4.78 is 3.22. The van der Waals surface area contributed by atoms with E-state index in [1.165, 1.54) is 11.1 Å². The molecule has 1 saturated carbocycles. The van der Waals surface area contributed by atoms with Crippen LogP contribution >= 0.6 is 0 Å². The number of hydrogen-bond acceptors (Lipinski definition) is 3. The monoisotopic (exact) mass is 210 g/mol. The van der Waals surface area contributed by atoms with Crippen LogP contribution in [0.25, 0.3) is 0 Å². The third-order valence-electron chi connectivity index (χ3n) is 2.93. The summed E-state index contributed by atoms with van der Waals surface area (Å²) in [6.07, 6.45) is 4.47. The van der Waals surface area contributed by atoms with Crippen LogP contribution in [0.5, 0.6) is 0 Å². The van der Waals surface area contributed by atoms with Gasteiger partial charge in [-0.25, -0.2) is 9.48 Å². The molecule has 0 saturated heterocycles. The molecule has 0 radical (unpaired) electrons. The van der Waals surface area contributed by atoms with Crippen molar-refractivity contribution in [1.82, 2.24) is 14.3 Å². The summed E-state index contributed by atoms with van der Waals surface area (Å²) in [5.74, 6) is 0.731. The highest BCUT2D eigenvalue weighted by Gasteiger charge is 2.25. The quantitative estimate of drug-likeness (QED) is 0.810. The fourth-order valence-corrected chi connectivity index (χ4v) is 1.81. The molecule has 0 unspecified atom stereocenters. The Hall–Kier alpha value is -1.26. The number of nitrogens with one attached hydrogen (secondary N) is 1. The molecule has 1 fully saturated rings. The lowest BCUT2D eigenvalue weighted by atomic mass is 9.93. The molecule has 0 bridgehead atoms. The van der Waals surface area contributed by atoms with Gasteiger partial charge in [0.25, 0.3) is 0 Å². The summed E-state index contributed by atoms with van der Waals surface area (Å²) in [7, 11) is 1.70. The smallest absolute Gasteiger partial charge is 0.347 e. The number of hydrogen-bond donors (Lipinski definition) is 1. The number of rotatable bonds is 4. The van der Waals surface area contributed by atoms with Crippen molar-refractivity contribution in [3.63, 3.8) is 0 Å². The Morgan fingerprint density at radius 2 is 2.27 bits per heavy atom. The molecule has 5 heteroatoms. The van der Waals surface area contributed by atoms with E-state index in [1.54, 1.807) is 11.6 Å². The zero-order valence-corrected chi connectivity index (χ0v) is 9.36. The molecular formula is C10H18N4O. The maximum atomic E-state index is 11.8. The van der Waals surface area contributed by atoms with Crippen molar-refractivity contribution in [2.45, 2.75) is 38.6 Å². The minimum atomic E-state index is -0.00157. The summed E-state index contributed by atoms with van der Waals surface area (Å²) in [6, 6.07) is 0.366. The highest BCUT2D eigenvalue weighted by atomic mass is 16.2. The highest BCUT2D eigenvalue weighted by Crippen LogP contribution is 2.31. The molecule has 15 heavy (non-hydrogen) atoms. The molecule has 1 heterocycles. The maximum Gasteiger partial charge on any atom is 0.347 e. The Labute approximate surface area is 89.1 Å². The molecule has 84 valence electrons. The predicted molar refractivity (Wildman–Crippen MR) is 59.1 cm³/mol. The van der Waals surface area contributed by atoms with E-state index < -0.39 is 0 Å². The first-order valence-electron chi connectivity index (χ1n) is 5.63. The SMILES string of the molecule is CCCNc1nn(C)c(=O)n1C1CCC1. The van der Waals surface area contributed by atoms with Crippen molar-refractivity contribution in [2.24, 2.45) is 7.05 Å². The van der Waals surface area contributed by atoms with Crippen molar-refractivity contribution < 1.29 is 0 Å². The van der Waals surface area contributed by atoms with Gasteiger partial charge < -0.3 is 5.32 Å². The van der Waals surface area contributed by atoms with E-state index in [1.807, 2.05) is 0 Å². The van der Waals surface area contributed by atoms with Gasteiger partial charge in [-0.1, -0.05) is 6.92 Å². The topological polar surface area (TPSA) is 51.9 Å². The normalized spacial score (nSPS) is 16.4. The van der Waals surface area contributed by atoms with Gasteiger partial charge in [-0.3, -0.25) is 4.57 Å². The highest BCUT2D eigenvalue weighted by molar-refractivity contribution is 5.25. The number of nitrogens with zero attached hydrogens (tertiary/aromatic N) is 3. The molecular weight excluding hydrogens is 192 g/mol. The van der Waals surface area contributed by atoms with Crippen LogP contribution in [0.3, 0.4) is 0 Å². The molecule has 1 aliphatic carbocycles. The predicted octanol–water partition coefficient (Wildman–Crippen LogP) is 1.13. The van der Waals surface area contributed by atoms with Gasteiger partial charge >= 0.3 is 5.69 Å². The first-order valence-corrected chi connectivity index (χ1v) is 5.63. The van der Waals surface area contributed by atoms with Gasteiger partial charge in [0.1, 0.15) is 0 Å². The molecule has 2 rings (SSSR count). The second kappa shape index (κ2) is 4.08. The largest absolute Gasteiger partial charge is 0.354 e. The molecule has 0 atom stereocenters. The van der Waals surface area contributed by atoms with E-state index in [4.69, 9.17) is 0 Å². The van der Waals surface area contributed by atoms with Crippen molar-refractivity contribution in [2.75, 3.05) is 11.9 Å². The fourth-order valence-electron chi connectivity index (χ4n) is 1.81. The van der Waals surface area contributed by atoms with E-state index in [9.17, 15) is 4.79 Å². The van der Waals surface area contributed by atoms with E-state index in [0.717, 1.165) is 31.8 Å². The van der Waals surface area contributed by atoms with Gasteiger partial charge in [0, 0.05) is 19.6 Å². The summed E-state index contributed by atoms with van der Waals surface area (Å²) in [5.41, 5.74) is -0.00157. The average molecular weight is 210 g/mol. The van der Waals surface area contributed by atoms with Crippen LogP contribution in [0.4, 0.5) is 5.95 Å². The van der Waals surface area contributed by atoms with Gasteiger partial charge in [-0.2, -0.15) is 0 Å². The van der Waals surface area contributed by atoms with Gasteiger partial charge in [0.05, 0.1) is 0 Å². The lowest BCUT2D eigenvalue weighted by Crippen LogP contribution is -2.30. The first kappa shape index (κ1) is 10.3. The number of aromatic nitrogens is 3. The van der Waals surface area contributed by atoms with Crippen molar-refractivity contribution >= 4 is 5.95 Å². The molecule has 1 aromatic heterocycles. The van der Waals surface area contributed by atoms with Crippen LogP contribution in [0.1, 0.15) is 38.6 Å². The van der Waals surface area contributed by atoms with Gasteiger partial charge in [-0.05, 0) is 25.7 Å². The fraction of sp³-hybridized carbons (Fsp3) is 0.800. The Morgan fingerprint density at radius 1 is 1.53 bits per heavy atom. The Kier molecular flexibility index (Phi) is 2.79. The molecule has 1 aromatic rings. The lowest BCUT2D eigenvalue weighted by Gasteiger charge is -2.26. The van der Waals surface area contributed by atoms with Gasteiger partial charge in [0.2, 0.25) is 5.95 Å². The van der Waals surface area contributed by atoms with Gasteiger partial charge in [0.15, 0.2) is 0 Å². The minimum absolute atomic E-state index is 0.00157. The van der Waals surface area contributed by atoms with Crippen LogP contribution in [0.2, 0.25) is 0 Å². The van der Waals surface area contributed by atoms with Crippen LogP contribution in [-0.4, -0.2) is 20.9 Å². The summed E-state index contributed by atoms with van der Waals surface area (Å²) in [6.45, 7) is 2.96. The second-order valence-electron chi connectivity index (χ2n) is 4.11. The Morgan fingerprint density at radius 3 is 2.80 bits per heavy atom. The van der Waals surface area contributed by atoms with E-state index in [-0.39, 0.29) is 5.69 Å². The minimum Gasteiger partial charge on any atom is -0.354 e. The van der Waals surface area contributed by atoms with Crippen LogP contribution in [-0.2, 0) is 7.05 Å². The summed E-state index contributed by atoms with van der Waals surface area (Å²) >= 11 is 0. The van der Waals surface area contributed by atoms with Crippen LogP contribution < -0.4 is 11.0 Å². The molecule has 0 aromatic carbocycles. The van der Waals surface area contributed by atoms with E-state index in [0.29, 0.717) is 6.04 Å². The standard InChI is InChI=1S/C10H18N4O/c1-3-7-11-9-12-13(2)10(15)14(9)8-5-4-6-8/h8H,3-7H2,1-2H3,(H,11,12). The van der Waals surface area contributed by atoms with Crippen LogP contribution in [0, 0.1) is 0 Å². The maximum absolute atomic E-state index is 11.8. The third-order valence-corrected chi connectivity index (χ3v) is 2.93. The van der Waals surface area contributed by atoms with Gasteiger partial charge in [-0.15, -0.1) is 5.10 Å². The number of anilines is 1. The lowest BCUT2D eigenvalue weighted by molar-refractivity contribution is 0.308. The zero-order valence-electron chi connectivity index (χ0n) is 9.36. The zero-order chi connectivity index (χ0) is 10.8. The third kappa shape index (κ3) is 1.78. The van der Waals surface area contributed by atoms with E-state index >= 15 is 0 Å². The molecule has 5 nitrogen and oxygen atoms in total. The molecule has 1 N–H and O–H groups in total. The Bertz CT molecular complexity index is 389. The van der Waals surface area contributed by atoms with Crippen molar-refractivity contribution in [3.05, 3.63) is 10.5 Å².